The third-order valence-electron chi connectivity index (χ3n) is 4.46. The molecule has 0 radical (unpaired) electrons. The van der Waals surface area contributed by atoms with Gasteiger partial charge in [0.15, 0.2) is 5.65 Å². The summed E-state index contributed by atoms with van der Waals surface area (Å²) in [6.45, 7) is 0. The van der Waals surface area contributed by atoms with Crippen LogP contribution in [-0.2, 0) is 10.0 Å². The van der Waals surface area contributed by atoms with E-state index in [1.54, 1.807) is 36.5 Å². The van der Waals surface area contributed by atoms with Crippen LogP contribution in [0.2, 0.25) is 0 Å². The van der Waals surface area contributed by atoms with Gasteiger partial charge < -0.3 is 4.90 Å². The first-order valence-corrected chi connectivity index (χ1v) is 9.97. The summed E-state index contributed by atoms with van der Waals surface area (Å²) < 4.78 is 28.2. The summed E-state index contributed by atoms with van der Waals surface area (Å²) in [5.74, 6) is 0. The van der Waals surface area contributed by atoms with Crippen LogP contribution in [0.4, 0.5) is 5.69 Å². The number of rotatable bonds is 4. The van der Waals surface area contributed by atoms with Crippen LogP contribution in [0, 0.1) is 0 Å². The lowest BCUT2D eigenvalue weighted by molar-refractivity contribution is 0.589. The van der Waals surface area contributed by atoms with Crippen LogP contribution in [-0.4, -0.2) is 31.5 Å². The van der Waals surface area contributed by atoms with Gasteiger partial charge in [-0.15, -0.1) is 0 Å². The molecule has 0 unspecified atom stereocenters. The fourth-order valence-corrected chi connectivity index (χ4v) is 4.61. The van der Waals surface area contributed by atoms with Crippen molar-refractivity contribution in [3.8, 4) is 11.3 Å². The summed E-state index contributed by atoms with van der Waals surface area (Å²) in [5, 5.41) is 0.780. The van der Waals surface area contributed by atoms with E-state index < -0.39 is 10.0 Å². The van der Waals surface area contributed by atoms with E-state index >= 15 is 0 Å². The smallest absolute Gasteiger partial charge is 0.269 e. The van der Waals surface area contributed by atoms with Gasteiger partial charge in [-0.05, 0) is 42.5 Å². The molecular weight excluding hydrogens is 358 g/mol. The number of fused-ring (bicyclic) bond motifs is 1. The van der Waals surface area contributed by atoms with Crippen molar-refractivity contribution in [3.05, 3.63) is 79.0 Å². The number of benzene rings is 2. The Morgan fingerprint density at radius 2 is 1.67 bits per heavy atom. The Morgan fingerprint density at radius 1 is 0.889 bits per heavy atom. The summed E-state index contributed by atoms with van der Waals surface area (Å²) in [6, 6.07) is 21.8. The van der Waals surface area contributed by atoms with E-state index in [0.29, 0.717) is 11.3 Å². The maximum Gasteiger partial charge on any atom is 0.269 e. The van der Waals surface area contributed by atoms with Crippen molar-refractivity contribution in [2.45, 2.75) is 4.90 Å². The molecular formula is C21H19N3O2S. The van der Waals surface area contributed by atoms with Crippen molar-refractivity contribution in [2.24, 2.45) is 0 Å². The van der Waals surface area contributed by atoms with Gasteiger partial charge in [0.1, 0.15) is 0 Å². The molecule has 0 aliphatic carbocycles. The lowest BCUT2D eigenvalue weighted by Crippen LogP contribution is -2.15. The molecule has 0 bridgehead atoms. The van der Waals surface area contributed by atoms with Crippen molar-refractivity contribution in [3.63, 3.8) is 0 Å². The first-order chi connectivity index (χ1) is 13.0. The number of pyridine rings is 1. The molecule has 0 saturated heterocycles. The van der Waals surface area contributed by atoms with Crippen LogP contribution in [0.15, 0.2) is 83.9 Å². The van der Waals surface area contributed by atoms with Crippen LogP contribution < -0.4 is 4.90 Å². The summed E-state index contributed by atoms with van der Waals surface area (Å²) in [6.07, 6.45) is 1.61. The molecule has 0 amide bonds. The first-order valence-electron chi connectivity index (χ1n) is 8.53. The average Bonchev–Trinajstić information content (AvgIpc) is 3.09. The molecule has 5 nitrogen and oxygen atoms in total. The van der Waals surface area contributed by atoms with Crippen molar-refractivity contribution < 1.29 is 8.42 Å². The van der Waals surface area contributed by atoms with E-state index in [4.69, 9.17) is 0 Å². The van der Waals surface area contributed by atoms with Crippen molar-refractivity contribution in [1.29, 1.82) is 0 Å². The van der Waals surface area contributed by atoms with E-state index in [-0.39, 0.29) is 4.90 Å². The molecule has 0 atom stereocenters. The second-order valence-electron chi connectivity index (χ2n) is 6.47. The van der Waals surface area contributed by atoms with Gasteiger partial charge in [-0.2, -0.15) is 0 Å². The zero-order chi connectivity index (χ0) is 19.0. The standard InChI is InChI=1S/C21H19N3O2S/c1-23(2)18-10-6-8-16(14-18)20-15-17-9-7-13-22-21(17)24(20)27(25,26)19-11-4-3-5-12-19/h3-15H,1-2H3. The summed E-state index contributed by atoms with van der Waals surface area (Å²) in [7, 11) is 0.117. The molecule has 27 heavy (non-hydrogen) atoms. The molecule has 2 aromatic carbocycles. The van der Waals surface area contributed by atoms with Gasteiger partial charge in [0, 0.05) is 36.9 Å². The van der Waals surface area contributed by atoms with Crippen molar-refractivity contribution in [2.75, 3.05) is 19.0 Å². The van der Waals surface area contributed by atoms with E-state index in [9.17, 15) is 8.42 Å². The Bertz CT molecular complexity index is 1210. The predicted molar refractivity (Wildman–Crippen MR) is 109 cm³/mol. The van der Waals surface area contributed by atoms with Gasteiger partial charge in [0.25, 0.3) is 10.0 Å². The zero-order valence-electron chi connectivity index (χ0n) is 15.1. The minimum absolute atomic E-state index is 0.234. The predicted octanol–water partition coefficient (Wildman–Crippen LogP) is 4.01. The van der Waals surface area contributed by atoms with Crippen LogP contribution in [0.3, 0.4) is 0 Å². The average molecular weight is 377 g/mol. The monoisotopic (exact) mass is 377 g/mol. The number of hydrogen-bond donors (Lipinski definition) is 0. The Hall–Kier alpha value is -3.12. The van der Waals surface area contributed by atoms with E-state index in [1.807, 2.05) is 61.5 Å². The largest absolute Gasteiger partial charge is 0.378 e. The topological polar surface area (TPSA) is 55.2 Å². The molecule has 0 aliphatic rings. The summed E-state index contributed by atoms with van der Waals surface area (Å²) in [4.78, 5) is 6.57. The van der Waals surface area contributed by atoms with Crippen molar-refractivity contribution in [1.82, 2.24) is 8.96 Å². The Balaban J connectivity index is 2.03. The lowest BCUT2D eigenvalue weighted by Gasteiger charge is -2.15. The highest BCUT2D eigenvalue weighted by atomic mass is 32.2. The SMILES string of the molecule is CN(C)c1cccc(-c2cc3cccnc3n2S(=O)(=O)c2ccccc2)c1. The van der Waals surface area contributed by atoms with Gasteiger partial charge in [-0.3, -0.25) is 0 Å². The normalized spacial score (nSPS) is 11.6. The highest BCUT2D eigenvalue weighted by molar-refractivity contribution is 7.90. The third kappa shape index (κ3) is 2.98. The number of anilines is 1. The molecule has 6 heteroatoms. The van der Waals surface area contributed by atoms with Gasteiger partial charge in [0.2, 0.25) is 0 Å². The summed E-state index contributed by atoms with van der Waals surface area (Å²) >= 11 is 0. The lowest BCUT2D eigenvalue weighted by atomic mass is 10.1. The van der Waals surface area contributed by atoms with Crippen molar-refractivity contribution >= 4 is 26.7 Å². The van der Waals surface area contributed by atoms with Crippen LogP contribution >= 0.6 is 0 Å². The fourth-order valence-electron chi connectivity index (χ4n) is 3.10. The molecule has 136 valence electrons. The molecule has 0 N–H and O–H groups in total. The number of hydrogen-bond acceptors (Lipinski definition) is 4. The van der Waals surface area contributed by atoms with E-state index in [1.165, 1.54) is 3.97 Å². The molecule has 4 aromatic rings. The maximum absolute atomic E-state index is 13.4. The third-order valence-corrected chi connectivity index (χ3v) is 6.18. The van der Waals surface area contributed by atoms with Gasteiger partial charge >= 0.3 is 0 Å². The van der Waals surface area contributed by atoms with Gasteiger partial charge in [-0.25, -0.2) is 17.4 Å². The molecule has 2 aromatic heterocycles. The molecule has 2 heterocycles. The zero-order valence-corrected chi connectivity index (χ0v) is 15.9. The minimum Gasteiger partial charge on any atom is -0.378 e. The van der Waals surface area contributed by atoms with Gasteiger partial charge in [0.05, 0.1) is 10.6 Å². The fraction of sp³-hybridized carbons (Fsp3) is 0.0952. The number of nitrogens with zero attached hydrogens (tertiary/aromatic N) is 3. The highest BCUT2D eigenvalue weighted by Crippen LogP contribution is 2.32. The maximum atomic E-state index is 13.4. The first kappa shape index (κ1) is 17.3. The van der Waals surface area contributed by atoms with Crippen LogP contribution in [0.25, 0.3) is 22.3 Å². The quantitative estimate of drug-likeness (QED) is 0.539. The van der Waals surface area contributed by atoms with E-state index in [2.05, 4.69) is 4.98 Å². The highest BCUT2D eigenvalue weighted by Gasteiger charge is 2.24. The van der Waals surface area contributed by atoms with Crippen LogP contribution in [0.5, 0.6) is 0 Å². The summed E-state index contributed by atoms with van der Waals surface area (Å²) in [5.41, 5.74) is 2.83. The molecule has 0 fully saturated rings. The Morgan fingerprint density at radius 3 is 2.41 bits per heavy atom. The molecule has 0 spiro atoms. The second kappa shape index (κ2) is 6.55. The Kier molecular flexibility index (Phi) is 4.20. The second-order valence-corrected chi connectivity index (χ2v) is 8.26. The molecule has 0 saturated carbocycles. The molecule has 4 rings (SSSR count). The Labute approximate surface area is 158 Å². The molecule has 0 aliphatic heterocycles. The van der Waals surface area contributed by atoms with Gasteiger partial charge in [-0.1, -0.05) is 30.3 Å². The minimum atomic E-state index is -3.79. The van der Waals surface area contributed by atoms with E-state index in [0.717, 1.165) is 16.6 Å². The van der Waals surface area contributed by atoms with Crippen LogP contribution in [0.1, 0.15) is 0 Å². The number of aromatic nitrogens is 2.